The van der Waals surface area contributed by atoms with Gasteiger partial charge in [0, 0.05) is 28.9 Å². The molecular weight excluding hydrogens is 240 g/mol. The first-order valence-corrected chi connectivity index (χ1v) is 6.65. The number of hydrogen-bond donors (Lipinski definition) is 3. The quantitative estimate of drug-likeness (QED) is 0.683. The number of pyridine rings is 1. The minimum absolute atomic E-state index is 0.00798. The molecule has 1 amide bonds. The van der Waals surface area contributed by atoms with Crippen LogP contribution in [0.4, 0.5) is 11.5 Å². The number of rotatable bonds is 5. The highest BCUT2D eigenvalue weighted by Crippen LogP contribution is 2.14. The number of aromatic nitrogens is 1. The van der Waals surface area contributed by atoms with Gasteiger partial charge >= 0.3 is 0 Å². The first-order chi connectivity index (χ1) is 7.91. The van der Waals surface area contributed by atoms with Crippen molar-refractivity contribution in [2.24, 2.45) is 5.73 Å². The molecule has 6 nitrogen and oxygen atoms in total. The second-order valence-electron chi connectivity index (χ2n) is 3.71. The van der Waals surface area contributed by atoms with Gasteiger partial charge in [-0.3, -0.25) is 9.00 Å². The van der Waals surface area contributed by atoms with Gasteiger partial charge in [0.1, 0.15) is 5.82 Å². The van der Waals surface area contributed by atoms with Crippen LogP contribution in [0.1, 0.15) is 17.3 Å². The van der Waals surface area contributed by atoms with Crippen LogP contribution in [0, 0.1) is 0 Å². The van der Waals surface area contributed by atoms with Crippen molar-refractivity contribution in [3.63, 3.8) is 0 Å². The van der Waals surface area contributed by atoms with Crippen molar-refractivity contribution in [3.05, 3.63) is 17.8 Å². The Morgan fingerprint density at radius 1 is 1.65 bits per heavy atom. The third kappa shape index (κ3) is 3.70. The van der Waals surface area contributed by atoms with Crippen molar-refractivity contribution in [1.82, 2.24) is 4.98 Å². The molecule has 2 unspecified atom stereocenters. The molecule has 0 spiro atoms. The van der Waals surface area contributed by atoms with E-state index in [0.717, 1.165) is 0 Å². The third-order valence-electron chi connectivity index (χ3n) is 2.34. The highest BCUT2D eigenvalue weighted by Gasteiger charge is 2.09. The van der Waals surface area contributed by atoms with Gasteiger partial charge in [0.15, 0.2) is 0 Å². The van der Waals surface area contributed by atoms with Crippen molar-refractivity contribution in [2.75, 3.05) is 23.9 Å². The number of nitrogens with one attached hydrogen (secondary N) is 1. The van der Waals surface area contributed by atoms with Gasteiger partial charge in [-0.15, -0.1) is 0 Å². The lowest BCUT2D eigenvalue weighted by Crippen LogP contribution is -2.21. The predicted molar refractivity (Wildman–Crippen MR) is 69.2 cm³/mol. The number of anilines is 2. The molecule has 0 aliphatic carbocycles. The molecule has 0 fully saturated rings. The van der Waals surface area contributed by atoms with E-state index in [1.807, 2.05) is 6.92 Å². The molecule has 1 aromatic heterocycles. The first-order valence-electron chi connectivity index (χ1n) is 5.03. The lowest BCUT2D eigenvalue weighted by Gasteiger charge is -2.11. The largest absolute Gasteiger partial charge is 0.397 e. The Hall–Kier alpha value is -1.63. The summed E-state index contributed by atoms with van der Waals surface area (Å²) in [7, 11) is -0.909. The topological polar surface area (TPSA) is 111 Å². The van der Waals surface area contributed by atoms with E-state index in [0.29, 0.717) is 12.4 Å². The van der Waals surface area contributed by atoms with Crippen LogP contribution in [0.5, 0.6) is 0 Å². The summed E-state index contributed by atoms with van der Waals surface area (Å²) >= 11 is 0. The van der Waals surface area contributed by atoms with E-state index in [1.54, 1.807) is 6.26 Å². The standard InChI is InChI=1S/C10H16N4O2S/c1-6(17(2)16)4-13-9-3-7(10(12)15)8(11)5-14-9/h3,5-6H,4,11H2,1-2H3,(H2,12,15)(H,13,14). The number of amides is 1. The summed E-state index contributed by atoms with van der Waals surface area (Å²) in [5, 5.41) is 2.97. The molecule has 0 radical (unpaired) electrons. The van der Waals surface area contributed by atoms with E-state index in [2.05, 4.69) is 10.3 Å². The fourth-order valence-corrected chi connectivity index (χ4v) is 1.46. The molecule has 0 aliphatic rings. The van der Waals surface area contributed by atoms with Crippen LogP contribution < -0.4 is 16.8 Å². The predicted octanol–water partition coefficient (Wildman–Crippen LogP) is -0.0584. The van der Waals surface area contributed by atoms with Gasteiger partial charge in [0.25, 0.3) is 5.91 Å². The summed E-state index contributed by atoms with van der Waals surface area (Å²) in [6.07, 6.45) is 3.01. The highest BCUT2D eigenvalue weighted by molar-refractivity contribution is 7.84. The molecule has 94 valence electrons. The van der Waals surface area contributed by atoms with E-state index in [9.17, 15) is 9.00 Å². The zero-order valence-electron chi connectivity index (χ0n) is 9.77. The van der Waals surface area contributed by atoms with Crippen LogP contribution in [0.25, 0.3) is 0 Å². The monoisotopic (exact) mass is 256 g/mol. The molecule has 1 rings (SSSR count). The summed E-state index contributed by atoms with van der Waals surface area (Å²) in [5.41, 5.74) is 11.2. The van der Waals surface area contributed by atoms with Crippen LogP contribution in [0.2, 0.25) is 0 Å². The number of nitrogens with two attached hydrogens (primary N) is 2. The second-order valence-corrected chi connectivity index (χ2v) is 5.51. The maximum atomic E-state index is 11.2. The lowest BCUT2D eigenvalue weighted by atomic mass is 10.2. The SMILES string of the molecule is CC(CNc1cc(C(N)=O)c(N)cn1)S(C)=O. The molecule has 0 aromatic carbocycles. The molecule has 17 heavy (non-hydrogen) atoms. The number of carbonyl (C=O) groups is 1. The van der Waals surface area contributed by atoms with Crippen molar-refractivity contribution >= 4 is 28.2 Å². The van der Waals surface area contributed by atoms with Gasteiger partial charge < -0.3 is 16.8 Å². The van der Waals surface area contributed by atoms with E-state index < -0.39 is 16.7 Å². The van der Waals surface area contributed by atoms with Crippen molar-refractivity contribution in [2.45, 2.75) is 12.2 Å². The van der Waals surface area contributed by atoms with Gasteiger partial charge in [0.2, 0.25) is 0 Å². The summed E-state index contributed by atoms with van der Waals surface area (Å²) in [4.78, 5) is 15.1. The van der Waals surface area contributed by atoms with Crippen molar-refractivity contribution < 1.29 is 9.00 Å². The molecule has 5 N–H and O–H groups in total. The van der Waals surface area contributed by atoms with Crippen LogP contribution in [-0.2, 0) is 10.8 Å². The molecular formula is C10H16N4O2S. The average Bonchev–Trinajstić information content (AvgIpc) is 2.26. The Labute approximate surface area is 102 Å². The number of nitrogens with zero attached hydrogens (tertiary/aromatic N) is 1. The van der Waals surface area contributed by atoms with Gasteiger partial charge in [-0.05, 0) is 13.0 Å². The van der Waals surface area contributed by atoms with E-state index >= 15 is 0 Å². The number of primary amides is 1. The van der Waals surface area contributed by atoms with Crippen molar-refractivity contribution in [3.8, 4) is 0 Å². The lowest BCUT2D eigenvalue weighted by molar-refractivity contribution is 0.100. The summed E-state index contributed by atoms with van der Waals surface area (Å²) in [6, 6.07) is 1.49. The molecule has 0 saturated heterocycles. The smallest absolute Gasteiger partial charge is 0.250 e. The summed E-state index contributed by atoms with van der Waals surface area (Å²) in [6.45, 7) is 2.35. The Balaban J connectivity index is 2.76. The highest BCUT2D eigenvalue weighted by atomic mass is 32.2. The van der Waals surface area contributed by atoms with Crippen LogP contribution >= 0.6 is 0 Å². The van der Waals surface area contributed by atoms with Crippen LogP contribution in [0.15, 0.2) is 12.3 Å². The fourth-order valence-electron chi connectivity index (χ4n) is 1.14. The number of carbonyl (C=O) groups excluding carboxylic acids is 1. The first kappa shape index (κ1) is 13.4. The molecule has 0 aliphatic heterocycles. The Morgan fingerprint density at radius 3 is 2.82 bits per heavy atom. The minimum Gasteiger partial charge on any atom is -0.397 e. The van der Waals surface area contributed by atoms with E-state index in [1.165, 1.54) is 12.3 Å². The molecule has 1 aromatic rings. The van der Waals surface area contributed by atoms with Gasteiger partial charge in [-0.25, -0.2) is 4.98 Å². The Bertz CT molecular complexity index is 450. The molecule has 2 atom stereocenters. The van der Waals surface area contributed by atoms with Crippen LogP contribution in [0.3, 0.4) is 0 Å². The van der Waals surface area contributed by atoms with Gasteiger partial charge in [-0.2, -0.15) is 0 Å². The van der Waals surface area contributed by atoms with Gasteiger partial charge in [-0.1, -0.05) is 0 Å². The maximum Gasteiger partial charge on any atom is 0.250 e. The number of nitrogen functional groups attached to an aromatic ring is 1. The Kier molecular flexibility index (Phi) is 4.45. The van der Waals surface area contributed by atoms with E-state index in [4.69, 9.17) is 11.5 Å². The summed E-state index contributed by atoms with van der Waals surface area (Å²) in [5.74, 6) is -0.106. The molecule has 0 bridgehead atoms. The minimum atomic E-state index is -0.909. The second kappa shape index (κ2) is 5.62. The normalized spacial score (nSPS) is 14.0. The maximum absolute atomic E-state index is 11.2. The average molecular weight is 256 g/mol. The number of hydrogen-bond acceptors (Lipinski definition) is 5. The summed E-state index contributed by atoms with van der Waals surface area (Å²) < 4.78 is 11.2. The molecule has 1 heterocycles. The Morgan fingerprint density at radius 2 is 2.29 bits per heavy atom. The van der Waals surface area contributed by atoms with Gasteiger partial charge in [0.05, 0.1) is 17.4 Å². The van der Waals surface area contributed by atoms with E-state index in [-0.39, 0.29) is 16.5 Å². The zero-order chi connectivity index (χ0) is 13.0. The van der Waals surface area contributed by atoms with Crippen LogP contribution in [-0.4, -0.2) is 33.2 Å². The zero-order valence-corrected chi connectivity index (χ0v) is 10.6. The van der Waals surface area contributed by atoms with Crippen molar-refractivity contribution in [1.29, 1.82) is 0 Å². The fraction of sp³-hybridized carbons (Fsp3) is 0.400. The third-order valence-corrected chi connectivity index (χ3v) is 3.64. The molecule has 7 heteroatoms. The molecule has 0 saturated carbocycles.